The number of rotatable bonds is 13. The molecule has 23 heavy (non-hydrogen) atoms. The Bertz CT molecular complexity index is 296. The molecule has 0 saturated carbocycles. The van der Waals surface area contributed by atoms with Crippen molar-refractivity contribution in [3.63, 3.8) is 0 Å². The summed E-state index contributed by atoms with van der Waals surface area (Å²) < 4.78 is 2.45. The maximum Gasteiger partial charge on any atom is 0.0340 e. The lowest BCUT2D eigenvalue weighted by Crippen LogP contribution is -2.24. The Morgan fingerprint density at radius 1 is 1.04 bits per heavy atom. The topological polar surface area (TPSA) is 15.3 Å². The molecule has 0 spiro atoms. The molecule has 136 valence electrons. The molecule has 0 aromatic rings. The van der Waals surface area contributed by atoms with Crippen molar-refractivity contribution in [2.75, 3.05) is 31.9 Å². The van der Waals surface area contributed by atoms with Crippen molar-refractivity contribution in [3.8, 4) is 0 Å². The van der Waals surface area contributed by atoms with Gasteiger partial charge < -0.3 is 5.32 Å². The third kappa shape index (κ3) is 19.4. The molecule has 0 rings (SSSR count). The molecule has 0 atom stereocenters. The smallest absolute Gasteiger partial charge is 0.0340 e. The highest BCUT2D eigenvalue weighted by atomic mass is 32.2. The fraction of sp³-hybridized carbons (Fsp3) is 0.700. The average Bonchev–Trinajstić information content (AvgIpc) is 2.55. The summed E-state index contributed by atoms with van der Waals surface area (Å²) in [6.07, 6.45) is 13.3. The van der Waals surface area contributed by atoms with Gasteiger partial charge in [0.15, 0.2) is 0 Å². The second-order valence-corrected chi connectivity index (χ2v) is 6.61. The highest BCUT2D eigenvalue weighted by Gasteiger charge is 2.05. The number of nitrogens with zero attached hydrogens (tertiary/aromatic N) is 1. The van der Waals surface area contributed by atoms with Crippen LogP contribution in [0, 0.1) is 0 Å². The predicted molar refractivity (Wildman–Crippen MR) is 111 cm³/mol. The van der Waals surface area contributed by atoms with Gasteiger partial charge >= 0.3 is 0 Å². The molecule has 0 fully saturated rings. The van der Waals surface area contributed by atoms with Crippen LogP contribution in [0.25, 0.3) is 0 Å². The Balaban J connectivity index is 0. The monoisotopic (exact) mass is 340 g/mol. The van der Waals surface area contributed by atoms with E-state index in [2.05, 4.69) is 69.0 Å². The summed E-state index contributed by atoms with van der Waals surface area (Å²) in [6.45, 7) is 19.0. The predicted octanol–water partition coefficient (Wildman–Crippen LogP) is 5.84. The van der Waals surface area contributed by atoms with Crippen LogP contribution in [0.3, 0.4) is 0 Å². The van der Waals surface area contributed by atoms with Gasteiger partial charge in [-0.3, -0.25) is 0 Å². The summed E-state index contributed by atoms with van der Waals surface area (Å²) in [7, 11) is 0. The SMILES string of the molecule is C=C/C=C(\C=C/C)CN(CCC)SCCNCCC.CCCC. The van der Waals surface area contributed by atoms with E-state index < -0.39 is 0 Å². The quantitative estimate of drug-likeness (QED) is 0.257. The molecular formula is C20H40N2S. The summed E-state index contributed by atoms with van der Waals surface area (Å²) in [5.41, 5.74) is 1.32. The number of hydrogen-bond acceptors (Lipinski definition) is 3. The van der Waals surface area contributed by atoms with Crippen LogP contribution < -0.4 is 5.32 Å². The Morgan fingerprint density at radius 3 is 2.22 bits per heavy atom. The molecule has 0 aliphatic rings. The van der Waals surface area contributed by atoms with Crippen molar-refractivity contribution in [2.24, 2.45) is 0 Å². The molecule has 0 aliphatic carbocycles. The summed E-state index contributed by atoms with van der Waals surface area (Å²) in [4.78, 5) is 0. The van der Waals surface area contributed by atoms with Gasteiger partial charge in [-0.15, -0.1) is 0 Å². The van der Waals surface area contributed by atoms with E-state index in [1.165, 1.54) is 31.3 Å². The highest BCUT2D eigenvalue weighted by Crippen LogP contribution is 2.13. The second-order valence-electron chi connectivity index (χ2n) is 5.42. The second kappa shape index (κ2) is 21.5. The molecule has 0 aromatic carbocycles. The highest BCUT2D eigenvalue weighted by molar-refractivity contribution is 7.97. The maximum atomic E-state index is 3.79. The van der Waals surface area contributed by atoms with E-state index in [-0.39, 0.29) is 0 Å². The molecule has 0 saturated heterocycles. The number of allylic oxidation sites excluding steroid dienone is 3. The fourth-order valence-corrected chi connectivity index (χ4v) is 2.76. The largest absolute Gasteiger partial charge is 0.316 e. The first-order chi connectivity index (χ1) is 11.2. The fourth-order valence-electron chi connectivity index (χ4n) is 1.72. The van der Waals surface area contributed by atoms with Gasteiger partial charge in [-0.05, 0) is 31.9 Å². The van der Waals surface area contributed by atoms with Gasteiger partial charge in [-0.1, -0.05) is 83.4 Å². The van der Waals surface area contributed by atoms with Crippen LogP contribution >= 0.6 is 11.9 Å². The number of unbranched alkanes of at least 4 members (excludes halogenated alkanes) is 1. The van der Waals surface area contributed by atoms with Crippen LogP contribution in [0.5, 0.6) is 0 Å². The first kappa shape index (κ1) is 24.7. The lowest BCUT2D eigenvalue weighted by atomic mass is 10.2. The average molecular weight is 341 g/mol. The molecule has 1 N–H and O–H groups in total. The van der Waals surface area contributed by atoms with Crippen LogP contribution in [0.4, 0.5) is 0 Å². The van der Waals surface area contributed by atoms with Crippen molar-refractivity contribution in [1.82, 2.24) is 9.62 Å². The van der Waals surface area contributed by atoms with Crippen LogP contribution in [0.2, 0.25) is 0 Å². The molecule has 0 bridgehead atoms. The Morgan fingerprint density at radius 2 is 1.74 bits per heavy atom. The van der Waals surface area contributed by atoms with E-state index in [1.807, 2.05) is 18.0 Å². The third-order valence-corrected chi connectivity index (χ3v) is 4.09. The van der Waals surface area contributed by atoms with E-state index >= 15 is 0 Å². The van der Waals surface area contributed by atoms with Gasteiger partial charge in [-0.25, -0.2) is 4.31 Å². The zero-order chi connectivity index (χ0) is 17.8. The minimum atomic E-state index is 0.989. The molecule has 0 aromatic heterocycles. The summed E-state index contributed by atoms with van der Waals surface area (Å²) in [5, 5.41) is 3.44. The van der Waals surface area contributed by atoms with Gasteiger partial charge in [0.05, 0.1) is 0 Å². The summed E-state index contributed by atoms with van der Waals surface area (Å²) in [5.74, 6) is 1.14. The van der Waals surface area contributed by atoms with Gasteiger partial charge in [0, 0.05) is 25.4 Å². The lowest BCUT2D eigenvalue weighted by Gasteiger charge is -2.21. The van der Waals surface area contributed by atoms with E-state index in [0.717, 1.165) is 31.9 Å². The molecule has 0 amide bonds. The molecule has 0 heterocycles. The Kier molecular flexibility index (Phi) is 23.1. The maximum absolute atomic E-state index is 3.79. The van der Waals surface area contributed by atoms with Crippen LogP contribution in [-0.4, -0.2) is 36.2 Å². The van der Waals surface area contributed by atoms with E-state index in [4.69, 9.17) is 0 Å². The third-order valence-electron chi connectivity index (χ3n) is 3.02. The molecular weight excluding hydrogens is 300 g/mol. The van der Waals surface area contributed by atoms with Crippen molar-refractivity contribution in [3.05, 3.63) is 36.5 Å². The van der Waals surface area contributed by atoms with Crippen molar-refractivity contribution < 1.29 is 0 Å². The lowest BCUT2D eigenvalue weighted by molar-refractivity contribution is 0.507. The molecule has 0 unspecified atom stereocenters. The zero-order valence-electron chi connectivity index (χ0n) is 16.2. The Hall–Kier alpha value is -0.510. The normalized spacial score (nSPS) is 11.7. The summed E-state index contributed by atoms with van der Waals surface area (Å²) in [6, 6.07) is 0. The molecule has 0 radical (unpaired) electrons. The van der Waals surface area contributed by atoms with E-state index in [0.29, 0.717) is 0 Å². The molecule has 0 aliphatic heterocycles. The van der Waals surface area contributed by atoms with Crippen LogP contribution in [0.1, 0.15) is 60.3 Å². The van der Waals surface area contributed by atoms with Gasteiger partial charge in [0.25, 0.3) is 0 Å². The van der Waals surface area contributed by atoms with E-state index in [1.54, 1.807) is 0 Å². The number of nitrogens with one attached hydrogen (secondary N) is 1. The minimum absolute atomic E-state index is 0.989. The van der Waals surface area contributed by atoms with Gasteiger partial charge in [0.1, 0.15) is 0 Å². The standard InChI is InChI=1S/C16H30N2S.C4H10/c1-5-9-16(10-6-2)15-18(13-8-4)19-14-12-17-11-7-3;1-3-4-2/h5-6,9-10,17H,1,7-8,11-15H2,2-4H3;3-4H2,1-2H3/b10-6-,16-9+;. The first-order valence-corrected chi connectivity index (χ1v) is 10.2. The summed E-state index contributed by atoms with van der Waals surface area (Å²) >= 11 is 1.94. The van der Waals surface area contributed by atoms with Crippen molar-refractivity contribution in [2.45, 2.75) is 60.3 Å². The Labute approximate surface area is 150 Å². The van der Waals surface area contributed by atoms with Crippen LogP contribution in [0.15, 0.2) is 36.5 Å². The zero-order valence-corrected chi connectivity index (χ0v) is 17.1. The number of hydrogen-bond donors (Lipinski definition) is 1. The minimum Gasteiger partial charge on any atom is -0.316 e. The van der Waals surface area contributed by atoms with Crippen LogP contribution in [-0.2, 0) is 0 Å². The van der Waals surface area contributed by atoms with Gasteiger partial charge in [-0.2, -0.15) is 0 Å². The molecule has 3 heteroatoms. The van der Waals surface area contributed by atoms with E-state index in [9.17, 15) is 0 Å². The van der Waals surface area contributed by atoms with Crippen molar-refractivity contribution in [1.29, 1.82) is 0 Å². The van der Waals surface area contributed by atoms with Crippen molar-refractivity contribution >= 4 is 11.9 Å². The van der Waals surface area contributed by atoms with Gasteiger partial charge in [0.2, 0.25) is 0 Å². The first-order valence-electron chi connectivity index (χ1n) is 9.22. The molecule has 2 nitrogen and oxygen atoms in total.